The lowest BCUT2D eigenvalue weighted by molar-refractivity contribution is 0.557. The molecule has 0 bridgehead atoms. The number of benzene rings is 2. The molecule has 2 aromatic carbocycles. The third kappa shape index (κ3) is 3.30. The van der Waals surface area contributed by atoms with E-state index in [-0.39, 0.29) is 4.90 Å². The first-order valence-electron chi connectivity index (χ1n) is 7.10. The van der Waals surface area contributed by atoms with Crippen LogP contribution in [0, 0.1) is 0 Å². The molecule has 0 saturated heterocycles. The number of hydrogen-bond acceptors (Lipinski definition) is 4. The van der Waals surface area contributed by atoms with E-state index < -0.39 is 16.1 Å². The summed E-state index contributed by atoms with van der Waals surface area (Å²) < 4.78 is 29.2. The van der Waals surface area contributed by atoms with E-state index in [9.17, 15) is 8.42 Å². The zero-order valence-electron chi connectivity index (χ0n) is 12.5. The summed E-state index contributed by atoms with van der Waals surface area (Å²) in [7, 11) is -3.62. The van der Waals surface area contributed by atoms with E-state index >= 15 is 0 Å². The quantitative estimate of drug-likeness (QED) is 0.780. The van der Waals surface area contributed by atoms with E-state index in [1.807, 2.05) is 30.3 Å². The van der Waals surface area contributed by atoms with E-state index in [1.54, 1.807) is 48.1 Å². The van der Waals surface area contributed by atoms with Gasteiger partial charge in [0.2, 0.25) is 10.0 Å². The maximum Gasteiger partial charge on any atom is 0.241 e. The Hall–Kier alpha value is -2.51. The molecule has 0 spiro atoms. The second-order valence-corrected chi connectivity index (χ2v) is 6.76. The van der Waals surface area contributed by atoms with Crippen molar-refractivity contribution in [1.82, 2.24) is 19.5 Å². The molecule has 0 unspecified atom stereocenters. The highest BCUT2D eigenvalue weighted by atomic mass is 32.2. The van der Waals surface area contributed by atoms with Crippen molar-refractivity contribution in [2.45, 2.75) is 17.9 Å². The summed E-state index contributed by atoms with van der Waals surface area (Å²) in [6.45, 7) is 1.74. The number of para-hydroxylation sites is 1. The molecule has 3 rings (SSSR count). The third-order valence-corrected chi connectivity index (χ3v) is 4.94. The molecule has 7 heteroatoms. The number of hydrogen-bond donors (Lipinski definition) is 1. The van der Waals surface area contributed by atoms with Crippen LogP contribution in [0.25, 0.3) is 5.69 Å². The van der Waals surface area contributed by atoms with Crippen LogP contribution in [0.5, 0.6) is 0 Å². The number of nitrogens with zero attached hydrogens (tertiary/aromatic N) is 3. The van der Waals surface area contributed by atoms with Crippen LogP contribution in [-0.2, 0) is 10.0 Å². The minimum atomic E-state index is -3.62. The predicted molar refractivity (Wildman–Crippen MR) is 86.5 cm³/mol. The van der Waals surface area contributed by atoms with Crippen LogP contribution in [-0.4, -0.2) is 23.2 Å². The maximum absolute atomic E-state index is 12.4. The molecule has 0 amide bonds. The minimum Gasteiger partial charge on any atom is -0.284 e. The van der Waals surface area contributed by atoms with Gasteiger partial charge in [-0.15, -0.1) is 10.2 Å². The number of aromatic nitrogens is 3. The van der Waals surface area contributed by atoms with Gasteiger partial charge in [0.05, 0.1) is 10.9 Å². The molecule has 1 aromatic heterocycles. The van der Waals surface area contributed by atoms with E-state index in [2.05, 4.69) is 14.9 Å². The Balaban J connectivity index is 1.88. The highest BCUT2D eigenvalue weighted by Crippen LogP contribution is 2.18. The number of nitrogens with one attached hydrogen (secondary N) is 1. The van der Waals surface area contributed by atoms with Crippen molar-refractivity contribution in [3.8, 4) is 5.69 Å². The average Bonchev–Trinajstić information content (AvgIpc) is 3.06. The van der Waals surface area contributed by atoms with Crippen LogP contribution in [0.4, 0.5) is 0 Å². The predicted octanol–water partition coefficient (Wildman–Crippen LogP) is 2.31. The standard InChI is InChI=1S/C16H16N4O2S/c1-13(19-23(21,22)15-10-6-3-7-11-15)16-18-17-12-20(16)14-8-4-2-5-9-14/h2-13,19H,1H3/t13-/m0/s1. The molecule has 3 aromatic rings. The molecule has 0 fully saturated rings. The van der Waals surface area contributed by atoms with Crippen LogP contribution < -0.4 is 4.72 Å². The van der Waals surface area contributed by atoms with Crippen molar-refractivity contribution in [1.29, 1.82) is 0 Å². The minimum absolute atomic E-state index is 0.220. The lowest BCUT2D eigenvalue weighted by atomic mass is 10.3. The van der Waals surface area contributed by atoms with Crippen molar-refractivity contribution < 1.29 is 8.42 Å². The largest absolute Gasteiger partial charge is 0.284 e. The molecular formula is C16H16N4O2S. The Morgan fingerprint density at radius 2 is 1.61 bits per heavy atom. The molecular weight excluding hydrogens is 312 g/mol. The maximum atomic E-state index is 12.4. The number of sulfonamides is 1. The lowest BCUT2D eigenvalue weighted by Crippen LogP contribution is -2.28. The lowest BCUT2D eigenvalue weighted by Gasteiger charge is -2.15. The van der Waals surface area contributed by atoms with E-state index in [1.165, 1.54) is 0 Å². The second kappa shape index (κ2) is 6.31. The monoisotopic (exact) mass is 328 g/mol. The highest BCUT2D eigenvalue weighted by molar-refractivity contribution is 7.89. The molecule has 1 N–H and O–H groups in total. The molecule has 6 nitrogen and oxygen atoms in total. The summed E-state index contributed by atoms with van der Waals surface area (Å²) in [5.74, 6) is 0.524. The first-order chi connectivity index (χ1) is 11.1. The average molecular weight is 328 g/mol. The van der Waals surface area contributed by atoms with Crippen LogP contribution in [0.3, 0.4) is 0 Å². The van der Waals surface area contributed by atoms with Gasteiger partial charge in [0.15, 0.2) is 5.82 Å². The fraction of sp³-hybridized carbons (Fsp3) is 0.125. The fourth-order valence-electron chi connectivity index (χ4n) is 2.28. The fourth-order valence-corrected chi connectivity index (χ4v) is 3.50. The van der Waals surface area contributed by atoms with Crippen molar-refractivity contribution in [2.24, 2.45) is 0 Å². The Labute approximate surface area is 134 Å². The van der Waals surface area contributed by atoms with Gasteiger partial charge in [0.25, 0.3) is 0 Å². The Morgan fingerprint density at radius 3 is 2.26 bits per heavy atom. The zero-order valence-corrected chi connectivity index (χ0v) is 13.3. The Morgan fingerprint density at radius 1 is 1.00 bits per heavy atom. The van der Waals surface area contributed by atoms with Crippen molar-refractivity contribution in [3.05, 3.63) is 72.8 Å². The van der Waals surface area contributed by atoms with Gasteiger partial charge in [-0.1, -0.05) is 36.4 Å². The summed E-state index contributed by atoms with van der Waals surface area (Å²) >= 11 is 0. The van der Waals surface area contributed by atoms with Crippen LogP contribution in [0.2, 0.25) is 0 Å². The molecule has 23 heavy (non-hydrogen) atoms. The molecule has 118 valence electrons. The first-order valence-corrected chi connectivity index (χ1v) is 8.59. The van der Waals surface area contributed by atoms with Crippen molar-refractivity contribution in [3.63, 3.8) is 0 Å². The summed E-state index contributed by atoms with van der Waals surface area (Å²) in [5.41, 5.74) is 0.873. The van der Waals surface area contributed by atoms with Gasteiger partial charge >= 0.3 is 0 Å². The first kappa shape index (κ1) is 15.4. The van der Waals surface area contributed by atoms with Crippen molar-refractivity contribution in [2.75, 3.05) is 0 Å². The van der Waals surface area contributed by atoms with Crippen LogP contribution in [0.1, 0.15) is 18.8 Å². The Bertz CT molecular complexity index is 877. The van der Waals surface area contributed by atoms with Crippen LogP contribution >= 0.6 is 0 Å². The van der Waals surface area contributed by atoms with E-state index in [4.69, 9.17) is 0 Å². The van der Waals surface area contributed by atoms with E-state index in [0.717, 1.165) is 5.69 Å². The molecule has 0 aliphatic heterocycles. The molecule has 0 aliphatic rings. The number of rotatable bonds is 5. The highest BCUT2D eigenvalue weighted by Gasteiger charge is 2.21. The van der Waals surface area contributed by atoms with Gasteiger partial charge < -0.3 is 0 Å². The van der Waals surface area contributed by atoms with Crippen LogP contribution in [0.15, 0.2) is 71.9 Å². The topological polar surface area (TPSA) is 76.9 Å². The van der Waals surface area contributed by atoms with E-state index in [0.29, 0.717) is 5.82 Å². The Kier molecular flexibility index (Phi) is 4.22. The SMILES string of the molecule is C[C@H](NS(=O)(=O)c1ccccc1)c1nncn1-c1ccccc1. The molecule has 1 heterocycles. The summed E-state index contributed by atoms with van der Waals surface area (Å²) in [4.78, 5) is 0.220. The van der Waals surface area contributed by atoms with Gasteiger partial charge in [0.1, 0.15) is 6.33 Å². The smallest absolute Gasteiger partial charge is 0.241 e. The van der Waals surface area contributed by atoms with Gasteiger partial charge in [-0.05, 0) is 31.2 Å². The van der Waals surface area contributed by atoms with Gasteiger partial charge in [-0.2, -0.15) is 0 Å². The van der Waals surface area contributed by atoms with Gasteiger partial charge in [-0.25, -0.2) is 13.1 Å². The summed E-state index contributed by atoms with van der Waals surface area (Å²) in [5, 5.41) is 7.96. The van der Waals surface area contributed by atoms with Gasteiger partial charge in [-0.3, -0.25) is 4.57 Å². The summed E-state index contributed by atoms with van der Waals surface area (Å²) in [6.07, 6.45) is 1.57. The summed E-state index contributed by atoms with van der Waals surface area (Å²) in [6, 6.07) is 17.3. The second-order valence-electron chi connectivity index (χ2n) is 5.05. The molecule has 0 aliphatic carbocycles. The molecule has 0 saturated carbocycles. The zero-order chi connectivity index (χ0) is 16.3. The normalized spacial score (nSPS) is 12.9. The van der Waals surface area contributed by atoms with Gasteiger partial charge in [0, 0.05) is 5.69 Å². The molecule has 1 atom stereocenters. The van der Waals surface area contributed by atoms with Crippen molar-refractivity contribution >= 4 is 10.0 Å². The third-order valence-electron chi connectivity index (χ3n) is 3.38. The molecule has 0 radical (unpaired) electrons.